The first-order chi connectivity index (χ1) is 12.4. The van der Waals surface area contributed by atoms with Gasteiger partial charge in [0.15, 0.2) is 0 Å². The van der Waals surface area contributed by atoms with Gasteiger partial charge in [-0.15, -0.1) is 0 Å². The van der Waals surface area contributed by atoms with Gasteiger partial charge in [-0.05, 0) is 30.7 Å². The van der Waals surface area contributed by atoms with Gasteiger partial charge in [-0.1, -0.05) is 54.6 Å². The first-order valence-electron chi connectivity index (χ1n) is 7.76. The van der Waals surface area contributed by atoms with Crippen LogP contribution in [0.1, 0.15) is 19.1 Å². The maximum atomic E-state index is 12.6. The van der Waals surface area contributed by atoms with Crippen LogP contribution in [0.4, 0.5) is 0 Å². The third kappa shape index (κ3) is 3.70. The van der Waals surface area contributed by atoms with E-state index in [1.807, 2.05) is 12.1 Å². The Balaban J connectivity index is 1.86. The molecule has 26 heavy (non-hydrogen) atoms. The van der Waals surface area contributed by atoms with Gasteiger partial charge in [0.1, 0.15) is 21.9 Å². The number of amides is 1. The van der Waals surface area contributed by atoms with Crippen molar-refractivity contribution < 1.29 is 19.1 Å². The minimum Gasteiger partial charge on any atom is -0.480 e. The van der Waals surface area contributed by atoms with Crippen LogP contribution >= 0.6 is 35.6 Å². The number of hydrogen-bond donors (Lipinski definition) is 1. The highest BCUT2D eigenvalue weighted by Gasteiger charge is 2.39. The number of thioether (sulfide) groups is 1. The Kier molecular flexibility index (Phi) is 5.50. The average Bonchev–Trinajstić information content (AvgIpc) is 3.16. The van der Waals surface area contributed by atoms with Crippen LogP contribution in [0.5, 0.6) is 0 Å². The number of aliphatic carboxylic acids is 1. The van der Waals surface area contributed by atoms with E-state index in [4.69, 9.17) is 28.2 Å². The van der Waals surface area contributed by atoms with Gasteiger partial charge >= 0.3 is 5.97 Å². The van der Waals surface area contributed by atoms with E-state index >= 15 is 0 Å². The molecule has 1 aliphatic rings. The molecule has 0 aliphatic carbocycles. The zero-order valence-corrected chi connectivity index (χ0v) is 16.0. The summed E-state index contributed by atoms with van der Waals surface area (Å²) in [6, 6.07) is 9.79. The van der Waals surface area contributed by atoms with E-state index in [2.05, 4.69) is 0 Å². The molecule has 1 atom stereocenters. The van der Waals surface area contributed by atoms with Gasteiger partial charge in [0.2, 0.25) is 0 Å². The average molecular weight is 408 g/mol. The van der Waals surface area contributed by atoms with Gasteiger partial charge in [0.25, 0.3) is 5.91 Å². The molecule has 1 aliphatic heterocycles. The fourth-order valence-electron chi connectivity index (χ4n) is 2.57. The van der Waals surface area contributed by atoms with Crippen LogP contribution < -0.4 is 0 Å². The van der Waals surface area contributed by atoms with Crippen LogP contribution in [0.2, 0.25) is 5.02 Å². The highest BCUT2D eigenvalue weighted by molar-refractivity contribution is 8.26. The predicted molar refractivity (Wildman–Crippen MR) is 106 cm³/mol. The van der Waals surface area contributed by atoms with Crippen LogP contribution in [-0.4, -0.2) is 32.2 Å². The molecule has 1 fully saturated rings. The molecule has 0 saturated carbocycles. The number of rotatable bonds is 5. The second-order valence-electron chi connectivity index (χ2n) is 5.53. The second kappa shape index (κ2) is 7.65. The standard InChI is InChI=1S/C18H14ClNO4S2/c1-2-13(17(22)23)20-16(21)15(26-18(20)25)9-12-6-7-14(24-12)10-4-3-5-11(19)8-10/h3-9,13H,2H2,1H3,(H,22,23)/b15-9-. The molecule has 1 aromatic carbocycles. The Morgan fingerprint density at radius 2 is 2.19 bits per heavy atom. The third-order valence-electron chi connectivity index (χ3n) is 3.82. The lowest BCUT2D eigenvalue weighted by Gasteiger charge is -2.21. The number of furan rings is 1. The Bertz CT molecular complexity index is 921. The lowest BCUT2D eigenvalue weighted by atomic mass is 10.2. The molecule has 0 spiro atoms. The highest BCUT2D eigenvalue weighted by atomic mass is 35.5. The number of carboxylic acids is 1. The molecule has 1 saturated heterocycles. The smallest absolute Gasteiger partial charge is 0.326 e. The summed E-state index contributed by atoms with van der Waals surface area (Å²) in [5.74, 6) is -0.406. The maximum Gasteiger partial charge on any atom is 0.326 e. The Hall–Kier alpha value is -2.09. The number of nitrogens with zero attached hydrogens (tertiary/aromatic N) is 1. The Labute approximate surface area is 164 Å². The molecule has 2 heterocycles. The van der Waals surface area contributed by atoms with Crippen molar-refractivity contribution in [2.45, 2.75) is 19.4 Å². The molecule has 5 nitrogen and oxygen atoms in total. The quantitative estimate of drug-likeness (QED) is 0.574. The number of benzene rings is 1. The summed E-state index contributed by atoms with van der Waals surface area (Å²) in [5, 5.41) is 9.88. The summed E-state index contributed by atoms with van der Waals surface area (Å²) in [4.78, 5) is 25.4. The fourth-order valence-corrected chi connectivity index (χ4v) is 4.10. The van der Waals surface area contributed by atoms with Gasteiger partial charge < -0.3 is 9.52 Å². The van der Waals surface area contributed by atoms with Crippen molar-refractivity contribution in [3.8, 4) is 11.3 Å². The van der Waals surface area contributed by atoms with Crippen LogP contribution in [0.25, 0.3) is 17.4 Å². The summed E-state index contributed by atoms with van der Waals surface area (Å²) in [6.45, 7) is 1.70. The molecule has 3 rings (SSSR count). The molecular weight excluding hydrogens is 394 g/mol. The monoisotopic (exact) mass is 407 g/mol. The summed E-state index contributed by atoms with van der Waals surface area (Å²) < 4.78 is 5.99. The lowest BCUT2D eigenvalue weighted by Crippen LogP contribution is -2.43. The second-order valence-corrected chi connectivity index (χ2v) is 7.64. The molecule has 0 radical (unpaired) electrons. The summed E-state index contributed by atoms with van der Waals surface area (Å²) in [6.07, 6.45) is 1.84. The SMILES string of the molecule is CCC(C(=O)O)N1C(=O)/C(=C/c2ccc(-c3cccc(Cl)c3)o2)SC1=S. The number of hydrogen-bond acceptors (Lipinski definition) is 5. The number of carbonyl (C=O) groups excluding carboxylic acids is 1. The molecule has 1 aromatic heterocycles. The minimum absolute atomic E-state index is 0.233. The zero-order valence-electron chi connectivity index (χ0n) is 13.6. The van der Waals surface area contributed by atoms with Gasteiger partial charge in [0, 0.05) is 16.7 Å². The zero-order chi connectivity index (χ0) is 18.8. The van der Waals surface area contributed by atoms with Crippen molar-refractivity contribution in [1.82, 2.24) is 4.90 Å². The van der Waals surface area contributed by atoms with Crippen molar-refractivity contribution in [3.05, 3.63) is 52.1 Å². The maximum absolute atomic E-state index is 12.6. The van der Waals surface area contributed by atoms with Crippen molar-refractivity contribution in [2.24, 2.45) is 0 Å². The lowest BCUT2D eigenvalue weighted by molar-refractivity contribution is -0.145. The molecule has 8 heteroatoms. The summed E-state index contributed by atoms with van der Waals surface area (Å²) in [5.41, 5.74) is 0.821. The number of carbonyl (C=O) groups is 2. The number of carboxylic acid groups (broad SMARTS) is 1. The molecule has 0 bridgehead atoms. The fraction of sp³-hybridized carbons (Fsp3) is 0.167. The van der Waals surface area contributed by atoms with E-state index in [1.54, 1.807) is 37.3 Å². The van der Waals surface area contributed by atoms with Crippen molar-refractivity contribution in [3.63, 3.8) is 0 Å². The van der Waals surface area contributed by atoms with Gasteiger partial charge in [0.05, 0.1) is 4.91 Å². The molecule has 1 amide bonds. The van der Waals surface area contributed by atoms with E-state index in [-0.39, 0.29) is 10.7 Å². The molecule has 2 aromatic rings. The van der Waals surface area contributed by atoms with Crippen molar-refractivity contribution in [2.75, 3.05) is 0 Å². The Morgan fingerprint density at radius 3 is 2.85 bits per heavy atom. The van der Waals surface area contributed by atoms with Gasteiger partial charge in [-0.25, -0.2) is 4.79 Å². The molecular formula is C18H14ClNO4S2. The minimum atomic E-state index is -1.08. The van der Waals surface area contributed by atoms with E-state index in [9.17, 15) is 14.7 Å². The largest absolute Gasteiger partial charge is 0.480 e. The normalized spacial score (nSPS) is 17.2. The van der Waals surface area contributed by atoms with Crippen LogP contribution in [0.3, 0.4) is 0 Å². The van der Waals surface area contributed by atoms with Crippen LogP contribution in [-0.2, 0) is 9.59 Å². The number of halogens is 1. The third-order valence-corrected chi connectivity index (χ3v) is 5.38. The predicted octanol–water partition coefficient (Wildman–Crippen LogP) is 4.66. The van der Waals surface area contributed by atoms with E-state index in [0.29, 0.717) is 21.4 Å². The highest BCUT2D eigenvalue weighted by Crippen LogP contribution is 2.35. The summed E-state index contributed by atoms with van der Waals surface area (Å²) in [7, 11) is 0. The van der Waals surface area contributed by atoms with E-state index < -0.39 is 17.9 Å². The van der Waals surface area contributed by atoms with E-state index in [0.717, 1.165) is 22.2 Å². The first kappa shape index (κ1) is 18.7. The molecule has 1 N–H and O–H groups in total. The van der Waals surface area contributed by atoms with Gasteiger partial charge in [-0.3, -0.25) is 9.69 Å². The van der Waals surface area contributed by atoms with Crippen LogP contribution in [0.15, 0.2) is 45.7 Å². The molecule has 1 unspecified atom stereocenters. The van der Waals surface area contributed by atoms with Crippen LogP contribution in [0, 0.1) is 0 Å². The Morgan fingerprint density at radius 1 is 1.42 bits per heavy atom. The molecule has 134 valence electrons. The van der Waals surface area contributed by atoms with E-state index in [1.165, 1.54) is 0 Å². The topological polar surface area (TPSA) is 70.8 Å². The van der Waals surface area contributed by atoms with Crippen molar-refractivity contribution >= 4 is 57.9 Å². The van der Waals surface area contributed by atoms with Crippen molar-refractivity contribution in [1.29, 1.82) is 0 Å². The first-order valence-corrected chi connectivity index (χ1v) is 9.36. The number of thiocarbonyl (C=S) groups is 1. The summed E-state index contributed by atoms with van der Waals surface area (Å²) >= 11 is 12.2. The van der Waals surface area contributed by atoms with Gasteiger partial charge in [-0.2, -0.15) is 0 Å².